The van der Waals surface area contributed by atoms with Gasteiger partial charge in [0.1, 0.15) is 0 Å². The average molecular weight is 649 g/mol. The first-order valence-electron chi connectivity index (χ1n) is 19.1. The highest BCUT2D eigenvalue weighted by Gasteiger charge is 2.43. The van der Waals surface area contributed by atoms with E-state index < -0.39 is 7.75 Å². The van der Waals surface area contributed by atoms with Gasteiger partial charge in [0.25, 0.3) is 0 Å². The van der Waals surface area contributed by atoms with Crippen LogP contribution in [0.15, 0.2) is 48.6 Å². The molecule has 2 N–H and O–H groups in total. The van der Waals surface area contributed by atoms with Crippen molar-refractivity contribution in [2.24, 2.45) is 0 Å². The lowest BCUT2D eigenvalue weighted by Crippen LogP contribution is -2.23. The summed E-state index contributed by atoms with van der Waals surface area (Å²) in [5, 5.41) is 6.14. The highest BCUT2D eigenvalue weighted by Crippen LogP contribution is 2.54. The Balaban J connectivity index is 2.19. The molecule has 0 aromatic carbocycles. The number of rotatable bonds is 32. The molecule has 0 amide bonds. The topological polar surface area (TPSA) is 59.6 Å². The molecule has 1 aliphatic heterocycles. The summed E-state index contributed by atoms with van der Waals surface area (Å²) in [4.78, 5) is 0. The maximum atomic E-state index is 13.2. The van der Waals surface area contributed by atoms with Gasteiger partial charge in [-0.25, -0.2) is 9.65 Å². The molecule has 262 valence electrons. The summed E-state index contributed by atoms with van der Waals surface area (Å²) in [6.07, 6.45) is 47.4. The summed E-state index contributed by atoms with van der Waals surface area (Å²) >= 11 is 0. The number of nitrogens with one attached hydrogen (secondary N) is 2. The highest BCUT2D eigenvalue weighted by molar-refractivity contribution is 7.51. The lowest BCUT2D eigenvalue weighted by Gasteiger charge is -2.15. The van der Waals surface area contributed by atoms with Gasteiger partial charge >= 0.3 is 7.75 Å². The summed E-state index contributed by atoms with van der Waals surface area (Å²) in [5.74, 6) is 0. The predicted octanol–water partition coefficient (Wildman–Crippen LogP) is 12.3. The van der Waals surface area contributed by atoms with E-state index in [0.717, 1.165) is 45.1 Å². The van der Waals surface area contributed by atoms with Crippen LogP contribution in [0.5, 0.6) is 0 Å². The molecule has 0 aromatic rings. The molecule has 1 heterocycles. The van der Waals surface area contributed by atoms with Crippen LogP contribution in [-0.4, -0.2) is 32.3 Å². The molecule has 1 fully saturated rings. The van der Waals surface area contributed by atoms with Crippen LogP contribution in [0.4, 0.5) is 0 Å². The highest BCUT2D eigenvalue weighted by atomic mass is 31.2. The van der Waals surface area contributed by atoms with Crippen molar-refractivity contribution in [1.29, 1.82) is 0 Å². The third-order valence-corrected chi connectivity index (χ3v) is 10.2. The summed E-state index contributed by atoms with van der Waals surface area (Å²) < 4.78 is 25.4. The Bertz CT molecular complexity index is 752. The van der Waals surface area contributed by atoms with Crippen molar-refractivity contribution >= 4 is 7.75 Å². The van der Waals surface area contributed by atoms with Crippen LogP contribution >= 0.6 is 7.75 Å². The van der Waals surface area contributed by atoms with E-state index in [0.29, 0.717) is 6.54 Å². The number of likely N-dealkylation sites (N-methyl/N-ethyl adjacent to an activating group) is 1. The number of hydrogen-bond acceptors (Lipinski definition) is 4. The molecule has 2 unspecified atom stereocenters. The molecular formula is C39H73N2O3P. The smallest absolute Gasteiger partial charge is 0.318 e. The van der Waals surface area contributed by atoms with Crippen molar-refractivity contribution in [3.05, 3.63) is 48.6 Å². The number of unbranched alkanes of at least 4 members (excludes halogenated alkanes) is 16. The first-order chi connectivity index (χ1) is 22.1. The van der Waals surface area contributed by atoms with Gasteiger partial charge < -0.3 is 5.32 Å². The fourth-order valence-corrected chi connectivity index (χ4v) is 7.48. The van der Waals surface area contributed by atoms with Crippen molar-refractivity contribution < 1.29 is 13.6 Å². The van der Waals surface area contributed by atoms with Gasteiger partial charge in [-0.3, -0.25) is 9.05 Å². The molecule has 0 saturated carbocycles. The Kier molecular flexibility index (Phi) is 29.5. The van der Waals surface area contributed by atoms with Crippen LogP contribution in [0, 0.1) is 0 Å². The van der Waals surface area contributed by atoms with Crippen molar-refractivity contribution in [2.45, 2.75) is 180 Å². The van der Waals surface area contributed by atoms with Crippen molar-refractivity contribution in [1.82, 2.24) is 10.4 Å². The second-order valence-corrected chi connectivity index (χ2v) is 14.6. The largest absolute Gasteiger partial charge is 0.406 e. The molecule has 1 saturated heterocycles. The molecule has 0 radical (unpaired) electrons. The molecule has 45 heavy (non-hydrogen) atoms. The van der Waals surface area contributed by atoms with Crippen molar-refractivity contribution in [3.63, 3.8) is 0 Å². The van der Waals surface area contributed by atoms with Gasteiger partial charge in [-0.2, -0.15) is 0 Å². The summed E-state index contributed by atoms with van der Waals surface area (Å²) in [6.45, 7) is 5.83. The molecule has 0 aliphatic carbocycles. The summed E-state index contributed by atoms with van der Waals surface area (Å²) in [5.41, 5.74) is 0. The normalized spacial score (nSPS) is 20.7. The maximum Gasteiger partial charge on any atom is 0.406 e. The van der Waals surface area contributed by atoms with Crippen molar-refractivity contribution in [2.75, 3.05) is 20.1 Å². The Hall–Kier alpha value is -0.970. The molecule has 6 heteroatoms. The third kappa shape index (κ3) is 25.8. The van der Waals surface area contributed by atoms with Crippen LogP contribution in [0.2, 0.25) is 0 Å². The first kappa shape index (κ1) is 42.1. The third-order valence-electron chi connectivity index (χ3n) is 8.52. The second kappa shape index (κ2) is 31.6. The lowest BCUT2D eigenvalue weighted by molar-refractivity contribution is 0.133. The van der Waals surface area contributed by atoms with Crippen LogP contribution < -0.4 is 10.4 Å². The van der Waals surface area contributed by atoms with Crippen molar-refractivity contribution in [3.8, 4) is 0 Å². The zero-order chi connectivity index (χ0) is 32.5. The maximum absolute atomic E-state index is 13.2. The molecule has 5 nitrogen and oxygen atoms in total. The van der Waals surface area contributed by atoms with E-state index in [4.69, 9.17) is 9.05 Å². The Morgan fingerprint density at radius 1 is 0.511 bits per heavy atom. The van der Waals surface area contributed by atoms with Crippen LogP contribution in [0.1, 0.15) is 168 Å². The number of allylic oxidation sites excluding steroid dienone is 8. The average Bonchev–Trinajstić information content (AvgIpc) is 3.36. The minimum atomic E-state index is -3.21. The molecular weight excluding hydrogens is 575 g/mol. The SMILES string of the molecule is CCCCC/C=C\C/C=C\CCCCCCCC1OP(=O)(NCCNC)OC1CCCCCCC/C=C\C/C=C\CCCCC. The van der Waals surface area contributed by atoms with Gasteiger partial charge in [-0.05, 0) is 84.1 Å². The van der Waals surface area contributed by atoms with Crippen LogP contribution in [0.3, 0.4) is 0 Å². The standard InChI is InChI=1S/C39H73N2O3P/c1-4-6-8-10-12-14-16-18-20-22-24-26-28-30-32-34-38-39(44-45(42,43-38)41-37-36-40-3)35-33-31-29-27-25-23-21-19-17-15-13-11-9-7-5-2/h12-15,18-21,38-40H,4-11,16-17,22-37H2,1-3H3,(H,41,42)/b14-12-,15-13-,20-18-,21-19-. The first-order valence-corrected chi connectivity index (χ1v) is 20.7. The van der Waals surface area contributed by atoms with E-state index in [1.54, 1.807) is 0 Å². The zero-order valence-electron chi connectivity index (χ0n) is 29.8. The van der Waals surface area contributed by atoms with Crippen LogP contribution in [-0.2, 0) is 13.6 Å². The van der Waals surface area contributed by atoms with E-state index in [9.17, 15) is 4.57 Å². The molecule has 1 aliphatic rings. The van der Waals surface area contributed by atoms with Gasteiger partial charge in [0.2, 0.25) is 0 Å². The summed E-state index contributed by atoms with van der Waals surface area (Å²) in [6, 6.07) is 0. The molecule has 0 spiro atoms. The van der Waals surface area contributed by atoms with Gasteiger partial charge in [-0.1, -0.05) is 140 Å². The van der Waals surface area contributed by atoms with E-state index in [1.807, 2.05) is 7.05 Å². The zero-order valence-corrected chi connectivity index (χ0v) is 30.7. The van der Waals surface area contributed by atoms with Gasteiger partial charge in [-0.15, -0.1) is 0 Å². The minimum Gasteiger partial charge on any atom is -0.318 e. The number of hydrogen-bond donors (Lipinski definition) is 2. The Labute approximate surface area is 280 Å². The minimum absolute atomic E-state index is 0.0540. The fraction of sp³-hybridized carbons (Fsp3) is 0.795. The van der Waals surface area contributed by atoms with Crippen LogP contribution in [0.25, 0.3) is 0 Å². The Morgan fingerprint density at radius 2 is 0.889 bits per heavy atom. The van der Waals surface area contributed by atoms with E-state index in [2.05, 4.69) is 72.9 Å². The van der Waals surface area contributed by atoms with E-state index in [1.165, 1.54) is 116 Å². The molecule has 0 bridgehead atoms. The van der Waals surface area contributed by atoms with E-state index in [-0.39, 0.29) is 12.2 Å². The molecule has 0 aromatic heterocycles. The lowest BCUT2D eigenvalue weighted by atomic mass is 9.99. The monoisotopic (exact) mass is 649 g/mol. The van der Waals surface area contributed by atoms with Gasteiger partial charge in [0.15, 0.2) is 0 Å². The molecule has 1 rings (SSSR count). The van der Waals surface area contributed by atoms with Gasteiger partial charge in [0.05, 0.1) is 12.2 Å². The quantitative estimate of drug-likeness (QED) is 0.0432. The Morgan fingerprint density at radius 3 is 1.29 bits per heavy atom. The fourth-order valence-electron chi connectivity index (χ4n) is 5.70. The van der Waals surface area contributed by atoms with E-state index >= 15 is 0 Å². The van der Waals surface area contributed by atoms with Gasteiger partial charge in [0, 0.05) is 13.1 Å². The summed E-state index contributed by atoms with van der Waals surface area (Å²) in [7, 11) is -1.31. The predicted molar refractivity (Wildman–Crippen MR) is 198 cm³/mol. The molecule has 2 atom stereocenters. The second-order valence-electron chi connectivity index (χ2n) is 12.8.